The third-order valence-electron chi connectivity index (χ3n) is 2.19. The Balaban J connectivity index is 2.49. The summed E-state index contributed by atoms with van der Waals surface area (Å²) >= 11 is 0. The summed E-state index contributed by atoms with van der Waals surface area (Å²) in [7, 11) is 0. The van der Waals surface area contributed by atoms with Crippen LogP contribution in [-0.2, 0) is 11.2 Å². The van der Waals surface area contributed by atoms with Crippen molar-refractivity contribution in [3.63, 3.8) is 0 Å². The van der Waals surface area contributed by atoms with Crippen LogP contribution in [-0.4, -0.2) is 19.3 Å². The second kappa shape index (κ2) is 6.77. The minimum Gasteiger partial charge on any atom is -0.491 e. The Bertz CT molecular complexity index is 397. The van der Waals surface area contributed by atoms with Crippen LogP contribution in [0, 0.1) is 11.3 Å². The van der Waals surface area contributed by atoms with Gasteiger partial charge in [-0.3, -0.25) is 0 Å². The average molecular weight is 234 g/mol. The molecule has 4 heteroatoms. The molecule has 0 aliphatic rings. The smallest absolute Gasteiger partial charge is 0.119 e. The van der Waals surface area contributed by atoms with E-state index in [1.807, 2.05) is 13.8 Å². The zero-order valence-electron chi connectivity index (χ0n) is 10.3. The number of anilines is 1. The molecule has 0 amide bonds. The first-order valence-corrected chi connectivity index (χ1v) is 5.63. The minimum absolute atomic E-state index is 0.208. The minimum atomic E-state index is 0.208. The molecule has 0 aliphatic heterocycles. The SMILES string of the molecule is CC(C)OCCOc1ccc(N)c(CC#N)c1. The quantitative estimate of drug-likeness (QED) is 0.604. The molecule has 0 heterocycles. The lowest BCUT2D eigenvalue weighted by Crippen LogP contribution is -2.11. The number of hydrogen-bond acceptors (Lipinski definition) is 4. The topological polar surface area (TPSA) is 68.3 Å². The first-order chi connectivity index (χ1) is 8.13. The highest BCUT2D eigenvalue weighted by Gasteiger charge is 2.02. The predicted octanol–water partition coefficient (Wildman–Crippen LogP) is 2.14. The Labute approximate surface area is 102 Å². The van der Waals surface area contributed by atoms with Crippen LogP contribution >= 0.6 is 0 Å². The van der Waals surface area contributed by atoms with E-state index >= 15 is 0 Å². The predicted molar refractivity (Wildman–Crippen MR) is 66.8 cm³/mol. The normalized spacial score (nSPS) is 10.2. The largest absolute Gasteiger partial charge is 0.491 e. The highest BCUT2D eigenvalue weighted by Crippen LogP contribution is 2.20. The Hall–Kier alpha value is -1.73. The van der Waals surface area contributed by atoms with Gasteiger partial charge in [0.05, 0.1) is 25.2 Å². The molecule has 1 rings (SSSR count). The molecule has 0 saturated heterocycles. The number of nitrogens with zero attached hydrogens (tertiary/aromatic N) is 1. The number of hydrogen-bond donors (Lipinski definition) is 1. The van der Waals surface area contributed by atoms with Gasteiger partial charge < -0.3 is 15.2 Å². The molecular weight excluding hydrogens is 216 g/mol. The van der Waals surface area contributed by atoms with E-state index in [-0.39, 0.29) is 6.10 Å². The number of benzene rings is 1. The van der Waals surface area contributed by atoms with E-state index in [2.05, 4.69) is 6.07 Å². The first-order valence-electron chi connectivity index (χ1n) is 5.63. The van der Waals surface area contributed by atoms with Crippen molar-refractivity contribution in [3.05, 3.63) is 23.8 Å². The molecule has 0 aromatic heterocycles. The molecule has 2 N–H and O–H groups in total. The molecule has 1 aromatic carbocycles. The fourth-order valence-electron chi connectivity index (χ4n) is 1.35. The van der Waals surface area contributed by atoms with Crippen molar-refractivity contribution in [1.29, 1.82) is 5.26 Å². The van der Waals surface area contributed by atoms with Crippen LogP contribution in [0.4, 0.5) is 5.69 Å². The van der Waals surface area contributed by atoms with Gasteiger partial charge >= 0.3 is 0 Å². The van der Waals surface area contributed by atoms with Crippen molar-refractivity contribution in [1.82, 2.24) is 0 Å². The fraction of sp³-hybridized carbons (Fsp3) is 0.462. The second-order valence-corrected chi connectivity index (χ2v) is 3.96. The van der Waals surface area contributed by atoms with Gasteiger partial charge in [-0.1, -0.05) is 0 Å². The third-order valence-corrected chi connectivity index (χ3v) is 2.19. The summed E-state index contributed by atoms with van der Waals surface area (Å²) < 4.78 is 10.9. The number of rotatable bonds is 6. The van der Waals surface area contributed by atoms with Gasteiger partial charge in [-0.05, 0) is 37.6 Å². The summed E-state index contributed by atoms with van der Waals surface area (Å²) in [5, 5.41) is 8.64. The molecule has 92 valence electrons. The van der Waals surface area contributed by atoms with Gasteiger partial charge in [0.1, 0.15) is 12.4 Å². The molecule has 0 bridgehead atoms. The average Bonchev–Trinajstić information content (AvgIpc) is 2.28. The Morgan fingerprint density at radius 2 is 2.12 bits per heavy atom. The first kappa shape index (κ1) is 13.3. The van der Waals surface area contributed by atoms with Gasteiger partial charge in [0, 0.05) is 5.69 Å². The highest BCUT2D eigenvalue weighted by molar-refractivity contribution is 5.51. The van der Waals surface area contributed by atoms with E-state index in [0.29, 0.717) is 25.3 Å². The van der Waals surface area contributed by atoms with Crippen LogP contribution in [0.5, 0.6) is 5.75 Å². The van der Waals surface area contributed by atoms with E-state index in [1.54, 1.807) is 18.2 Å². The molecule has 17 heavy (non-hydrogen) atoms. The van der Waals surface area contributed by atoms with Gasteiger partial charge in [0.25, 0.3) is 0 Å². The number of nitrogens with two attached hydrogens (primary N) is 1. The van der Waals surface area contributed by atoms with E-state index in [1.165, 1.54) is 0 Å². The molecule has 1 aromatic rings. The van der Waals surface area contributed by atoms with Crippen LogP contribution in [0.3, 0.4) is 0 Å². The van der Waals surface area contributed by atoms with Crippen molar-refractivity contribution in [2.75, 3.05) is 18.9 Å². The molecule has 0 unspecified atom stereocenters. The Kier molecular flexibility index (Phi) is 5.31. The molecule has 4 nitrogen and oxygen atoms in total. The summed E-state index contributed by atoms with van der Waals surface area (Å²) in [6.07, 6.45) is 0.505. The van der Waals surface area contributed by atoms with E-state index in [9.17, 15) is 0 Å². The van der Waals surface area contributed by atoms with Crippen LogP contribution in [0.1, 0.15) is 19.4 Å². The van der Waals surface area contributed by atoms with Crippen molar-refractivity contribution in [2.45, 2.75) is 26.4 Å². The lowest BCUT2D eigenvalue weighted by molar-refractivity contribution is 0.0552. The zero-order chi connectivity index (χ0) is 12.7. The molecule has 0 spiro atoms. The van der Waals surface area contributed by atoms with Crippen molar-refractivity contribution in [3.8, 4) is 11.8 Å². The van der Waals surface area contributed by atoms with E-state index < -0.39 is 0 Å². The maximum atomic E-state index is 8.64. The van der Waals surface area contributed by atoms with Gasteiger partial charge in [-0.15, -0.1) is 0 Å². The Morgan fingerprint density at radius 3 is 2.76 bits per heavy atom. The van der Waals surface area contributed by atoms with E-state index in [4.69, 9.17) is 20.5 Å². The van der Waals surface area contributed by atoms with Crippen LogP contribution in [0.2, 0.25) is 0 Å². The summed E-state index contributed by atoms with van der Waals surface area (Å²) in [5.41, 5.74) is 7.16. The van der Waals surface area contributed by atoms with Crippen molar-refractivity contribution < 1.29 is 9.47 Å². The summed E-state index contributed by atoms with van der Waals surface area (Å²) in [5.74, 6) is 0.719. The molecule has 0 radical (unpaired) electrons. The fourth-order valence-corrected chi connectivity index (χ4v) is 1.35. The van der Waals surface area contributed by atoms with Crippen molar-refractivity contribution >= 4 is 5.69 Å². The van der Waals surface area contributed by atoms with E-state index in [0.717, 1.165) is 11.3 Å². The molecule has 0 aliphatic carbocycles. The van der Waals surface area contributed by atoms with Crippen molar-refractivity contribution in [2.24, 2.45) is 0 Å². The lowest BCUT2D eigenvalue weighted by atomic mass is 10.1. The third kappa shape index (κ3) is 4.75. The molecular formula is C13H18N2O2. The van der Waals surface area contributed by atoms with Crippen LogP contribution < -0.4 is 10.5 Å². The molecule has 0 saturated carbocycles. The van der Waals surface area contributed by atoms with Gasteiger partial charge in [0.2, 0.25) is 0 Å². The van der Waals surface area contributed by atoms with Crippen LogP contribution in [0.25, 0.3) is 0 Å². The Morgan fingerprint density at radius 1 is 1.35 bits per heavy atom. The number of nitriles is 1. The number of nitrogen functional groups attached to an aromatic ring is 1. The monoisotopic (exact) mass is 234 g/mol. The second-order valence-electron chi connectivity index (χ2n) is 3.96. The van der Waals surface area contributed by atoms with Gasteiger partial charge in [-0.25, -0.2) is 0 Å². The molecule has 0 atom stereocenters. The maximum Gasteiger partial charge on any atom is 0.119 e. The van der Waals surface area contributed by atoms with Gasteiger partial charge in [-0.2, -0.15) is 5.26 Å². The van der Waals surface area contributed by atoms with Gasteiger partial charge in [0.15, 0.2) is 0 Å². The summed E-state index contributed by atoms with van der Waals surface area (Å²) in [6.45, 7) is 5.01. The van der Waals surface area contributed by atoms with Crippen LogP contribution in [0.15, 0.2) is 18.2 Å². The maximum absolute atomic E-state index is 8.64. The summed E-state index contributed by atoms with van der Waals surface area (Å²) in [6, 6.07) is 7.43. The highest BCUT2D eigenvalue weighted by atomic mass is 16.5. The standard InChI is InChI=1S/C13H18N2O2/c1-10(2)16-7-8-17-12-3-4-13(15)11(9-12)5-6-14/h3-4,9-10H,5,7-8,15H2,1-2H3. The molecule has 0 fully saturated rings. The summed E-state index contributed by atoms with van der Waals surface area (Å²) in [4.78, 5) is 0. The zero-order valence-corrected chi connectivity index (χ0v) is 10.3. The number of ether oxygens (including phenoxy) is 2. The lowest BCUT2D eigenvalue weighted by Gasteiger charge is -2.10.